The number of ketones is 1. The molecule has 1 heterocycles. The lowest BCUT2D eigenvalue weighted by Crippen LogP contribution is -2.00. The standard InChI is InChI=1S/C12H12O2/c1-2-4-11(13)10-6-3-5-9-7-8-14-12(9)10/h2-3,5-6H,1,4,7-8H2. The van der Waals surface area contributed by atoms with Gasteiger partial charge in [-0.25, -0.2) is 0 Å². The van der Waals surface area contributed by atoms with Crippen molar-refractivity contribution in [3.05, 3.63) is 42.0 Å². The van der Waals surface area contributed by atoms with Crippen LogP contribution < -0.4 is 4.74 Å². The lowest BCUT2D eigenvalue weighted by molar-refractivity contribution is 0.0993. The number of benzene rings is 1. The molecule has 0 saturated heterocycles. The van der Waals surface area contributed by atoms with E-state index < -0.39 is 0 Å². The number of carbonyl (C=O) groups is 1. The maximum Gasteiger partial charge on any atom is 0.170 e. The quantitative estimate of drug-likeness (QED) is 0.537. The van der Waals surface area contributed by atoms with E-state index in [2.05, 4.69) is 6.58 Å². The Morgan fingerprint density at radius 1 is 1.57 bits per heavy atom. The molecule has 0 aromatic heterocycles. The highest BCUT2D eigenvalue weighted by Crippen LogP contribution is 2.30. The molecule has 0 radical (unpaired) electrons. The number of carbonyl (C=O) groups excluding carboxylic acids is 1. The van der Waals surface area contributed by atoms with Gasteiger partial charge in [0.1, 0.15) is 5.75 Å². The molecule has 1 aliphatic rings. The first-order valence-electron chi connectivity index (χ1n) is 4.71. The molecule has 0 atom stereocenters. The van der Waals surface area contributed by atoms with Crippen LogP contribution in [-0.2, 0) is 6.42 Å². The van der Waals surface area contributed by atoms with Crippen LogP contribution >= 0.6 is 0 Å². The van der Waals surface area contributed by atoms with Gasteiger partial charge in [-0.05, 0) is 11.6 Å². The Morgan fingerprint density at radius 2 is 2.43 bits per heavy atom. The molecule has 2 nitrogen and oxygen atoms in total. The zero-order valence-corrected chi connectivity index (χ0v) is 7.95. The van der Waals surface area contributed by atoms with Crippen molar-refractivity contribution >= 4 is 5.78 Å². The predicted octanol–water partition coefficient (Wildman–Crippen LogP) is 2.38. The minimum absolute atomic E-state index is 0.0822. The summed E-state index contributed by atoms with van der Waals surface area (Å²) >= 11 is 0. The molecule has 0 amide bonds. The van der Waals surface area contributed by atoms with Crippen LogP contribution in [0.5, 0.6) is 5.75 Å². The molecular weight excluding hydrogens is 176 g/mol. The molecule has 0 unspecified atom stereocenters. The number of Topliss-reactive ketones (excluding diaryl/α,β-unsaturated/α-hetero) is 1. The van der Waals surface area contributed by atoms with Crippen molar-refractivity contribution in [1.82, 2.24) is 0 Å². The van der Waals surface area contributed by atoms with Crippen molar-refractivity contribution in [2.24, 2.45) is 0 Å². The van der Waals surface area contributed by atoms with Crippen LogP contribution in [-0.4, -0.2) is 12.4 Å². The van der Waals surface area contributed by atoms with E-state index in [0.717, 1.165) is 17.7 Å². The third-order valence-electron chi connectivity index (χ3n) is 2.34. The van der Waals surface area contributed by atoms with Crippen LogP contribution in [0, 0.1) is 0 Å². The van der Waals surface area contributed by atoms with Crippen LogP contribution in [0.15, 0.2) is 30.9 Å². The predicted molar refractivity (Wildman–Crippen MR) is 54.8 cm³/mol. The van der Waals surface area contributed by atoms with E-state index in [4.69, 9.17) is 4.74 Å². The second-order valence-electron chi connectivity index (χ2n) is 3.31. The monoisotopic (exact) mass is 188 g/mol. The summed E-state index contributed by atoms with van der Waals surface area (Å²) in [6.45, 7) is 4.25. The van der Waals surface area contributed by atoms with Gasteiger partial charge in [0, 0.05) is 12.8 Å². The topological polar surface area (TPSA) is 26.3 Å². The van der Waals surface area contributed by atoms with Crippen molar-refractivity contribution < 1.29 is 9.53 Å². The Hall–Kier alpha value is -1.57. The Labute approximate surface area is 83.2 Å². The van der Waals surface area contributed by atoms with Crippen LogP contribution in [0.4, 0.5) is 0 Å². The van der Waals surface area contributed by atoms with Gasteiger partial charge in [-0.15, -0.1) is 6.58 Å². The summed E-state index contributed by atoms with van der Waals surface area (Å²) in [5, 5.41) is 0. The Morgan fingerprint density at radius 3 is 3.21 bits per heavy atom. The van der Waals surface area contributed by atoms with Crippen molar-refractivity contribution in [3.63, 3.8) is 0 Å². The fraction of sp³-hybridized carbons (Fsp3) is 0.250. The average Bonchev–Trinajstić information content (AvgIpc) is 2.65. The minimum atomic E-state index is 0.0822. The van der Waals surface area contributed by atoms with Gasteiger partial charge in [0.25, 0.3) is 0 Å². The lowest BCUT2D eigenvalue weighted by atomic mass is 10.0. The molecule has 0 saturated carbocycles. The summed E-state index contributed by atoms with van der Waals surface area (Å²) in [6, 6.07) is 5.73. The third kappa shape index (κ3) is 1.43. The van der Waals surface area contributed by atoms with Crippen LogP contribution in [0.25, 0.3) is 0 Å². The van der Waals surface area contributed by atoms with Gasteiger partial charge in [0.15, 0.2) is 5.78 Å². The lowest BCUT2D eigenvalue weighted by Gasteiger charge is -2.05. The number of fused-ring (bicyclic) bond motifs is 1. The van der Waals surface area contributed by atoms with Gasteiger partial charge in [-0.1, -0.05) is 18.2 Å². The fourth-order valence-electron chi connectivity index (χ4n) is 1.68. The minimum Gasteiger partial charge on any atom is -0.492 e. The number of hydrogen-bond donors (Lipinski definition) is 0. The van der Waals surface area contributed by atoms with E-state index in [1.54, 1.807) is 6.08 Å². The first kappa shape index (κ1) is 9.00. The molecule has 14 heavy (non-hydrogen) atoms. The highest BCUT2D eigenvalue weighted by molar-refractivity contribution is 6.00. The molecule has 0 spiro atoms. The molecule has 1 aliphatic heterocycles. The summed E-state index contributed by atoms with van der Waals surface area (Å²) in [7, 11) is 0. The highest BCUT2D eigenvalue weighted by atomic mass is 16.5. The maximum absolute atomic E-state index is 11.7. The van der Waals surface area contributed by atoms with E-state index in [0.29, 0.717) is 18.6 Å². The van der Waals surface area contributed by atoms with E-state index in [-0.39, 0.29) is 5.78 Å². The molecular formula is C12H12O2. The number of allylic oxidation sites excluding steroid dienone is 1. The van der Waals surface area contributed by atoms with Crippen LogP contribution in [0.3, 0.4) is 0 Å². The number of ether oxygens (including phenoxy) is 1. The number of para-hydroxylation sites is 1. The van der Waals surface area contributed by atoms with Gasteiger partial charge < -0.3 is 4.74 Å². The van der Waals surface area contributed by atoms with Crippen molar-refractivity contribution in [3.8, 4) is 5.75 Å². The molecule has 2 heteroatoms. The smallest absolute Gasteiger partial charge is 0.170 e. The molecule has 0 fully saturated rings. The summed E-state index contributed by atoms with van der Waals surface area (Å²) < 4.78 is 5.44. The first-order chi connectivity index (χ1) is 6.83. The third-order valence-corrected chi connectivity index (χ3v) is 2.34. The summed E-state index contributed by atoms with van der Waals surface area (Å²) in [6.07, 6.45) is 2.90. The normalized spacial score (nSPS) is 13.1. The zero-order valence-electron chi connectivity index (χ0n) is 7.95. The second kappa shape index (κ2) is 3.66. The van der Waals surface area contributed by atoms with Crippen molar-refractivity contribution in [2.45, 2.75) is 12.8 Å². The van der Waals surface area contributed by atoms with Gasteiger partial charge in [-0.3, -0.25) is 4.79 Å². The maximum atomic E-state index is 11.7. The molecule has 72 valence electrons. The van der Waals surface area contributed by atoms with Gasteiger partial charge in [0.05, 0.1) is 12.2 Å². The summed E-state index contributed by atoms with van der Waals surface area (Å²) in [4.78, 5) is 11.7. The first-order valence-corrected chi connectivity index (χ1v) is 4.71. The van der Waals surface area contributed by atoms with E-state index in [9.17, 15) is 4.79 Å². The molecule has 0 aliphatic carbocycles. The van der Waals surface area contributed by atoms with E-state index in [1.807, 2.05) is 18.2 Å². The second-order valence-corrected chi connectivity index (χ2v) is 3.31. The number of rotatable bonds is 3. The average molecular weight is 188 g/mol. The SMILES string of the molecule is C=CCC(=O)c1cccc2c1OCC2. The van der Waals surface area contributed by atoms with Gasteiger partial charge >= 0.3 is 0 Å². The van der Waals surface area contributed by atoms with Crippen LogP contribution in [0.2, 0.25) is 0 Å². The molecule has 0 bridgehead atoms. The highest BCUT2D eigenvalue weighted by Gasteiger charge is 2.19. The zero-order chi connectivity index (χ0) is 9.97. The molecule has 1 aromatic carbocycles. The van der Waals surface area contributed by atoms with Crippen LogP contribution in [0.1, 0.15) is 22.3 Å². The van der Waals surface area contributed by atoms with Gasteiger partial charge in [0.2, 0.25) is 0 Å². The molecule has 2 rings (SSSR count). The van der Waals surface area contributed by atoms with E-state index in [1.165, 1.54) is 0 Å². The van der Waals surface area contributed by atoms with E-state index >= 15 is 0 Å². The Bertz CT molecular complexity index is 380. The summed E-state index contributed by atoms with van der Waals surface area (Å²) in [5.41, 5.74) is 1.83. The van der Waals surface area contributed by atoms with Crippen molar-refractivity contribution in [2.75, 3.05) is 6.61 Å². The summed E-state index contributed by atoms with van der Waals surface area (Å²) in [5.74, 6) is 0.859. The molecule has 1 aromatic rings. The molecule has 0 N–H and O–H groups in total. The fourth-order valence-corrected chi connectivity index (χ4v) is 1.68. The Balaban J connectivity index is 2.39. The number of hydrogen-bond acceptors (Lipinski definition) is 2. The Kier molecular flexibility index (Phi) is 2.35. The van der Waals surface area contributed by atoms with Crippen molar-refractivity contribution in [1.29, 1.82) is 0 Å². The largest absolute Gasteiger partial charge is 0.492 e. The van der Waals surface area contributed by atoms with Gasteiger partial charge in [-0.2, -0.15) is 0 Å².